The fraction of sp³-hybridized carbons (Fsp3) is 0.348. The van der Waals surface area contributed by atoms with E-state index in [9.17, 15) is 13.6 Å². The maximum Gasteiger partial charge on any atom is 0.229 e. The van der Waals surface area contributed by atoms with Gasteiger partial charge in [0, 0.05) is 43.1 Å². The second-order valence-electron chi connectivity index (χ2n) is 7.87. The Morgan fingerprint density at radius 2 is 2.03 bits per heavy atom. The molecule has 1 fully saturated rings. The highest BCUT2D eigenvalue weighted by molar-refractivity contribution is 5.92. The van der Waals surface area contributed by atoms with E-state index in [-0.39, 0.29) is 17.4 Å². The summed E-state index contributed by atoms with van der Waals surface area (Å²) in [5, 5.41) is 7.27. The first kappa shape index (κ1) is 20.2. The van der Waals surface area contributed by atoms with Gasteiger partial charge in [-0.3, -0.25) is 14.5 Å². The average molecular weight is 410 g/mol. The zero-order valence-corrected chi connectivity index (χ0v) is 16.8. The summed E-state index contributed by atoms with van der Waals surface area (Å²) < 4.78 is 28.8. The monoisotopic (exact) mass is 410 g/mol. The number of hydrogen-bond donors (Lipinski definition) is 1. The van der Waals surface area contributed by atoms with Crippen molar-refractivity contribution in [2.24, 2.45) is 18.9 Å². The second-order valence-corrected chi connectivity index (χ2v) is 7.87. The van der Waals surface area contributed by atoms with E-state index in [4.69, 9.17) is 0 Å². The molecule has 5 nitrogen and oxygen atoms in total. The van der Waals surface area contributed by atoms with Gasteiger partial charge in [0.05, 0.1) is 5.69 Å². The molecule has 0 bridgehead atoms. The van der Waals surface area contributed by atoms with E-state index >= 15 is 0 Å². The molecule has 0 spiro atoms. The molecule has 2 heterocycles. The first-order valence-corrected chi connectivity index (χ1v) is 10.2. The number of aromatic nitrogens is 3. The van der Waals surface area contributed by atoms with Crippen LogP contribution in [0.25, 0.3) is 11.3 Å². The van der Waals surface area contributed by atoms with Crippen molar-refractivity contribution in [3.05, 3.63) is 66.0 Å². The Morgan fingerprint density at radius 3 is 2.73 bits per heavy atom. The molecule has 1 aliphatic rings. The third-order valence-electron chi connectivity index (χ3n) is 5.82. The Morgan fingerprint density at radius 1 is 1.23 bits per heavy atom. The maximum absolute atomic E-state index is 14.1. The molecular formula is C23H24F2N4O. The van der Waals surface area contributed by atoms with Gasteiger partial charge in [0.25, 0.3) is 0 Å². The molecule has 7 heteroatoms. The number of rotatable bonds is 6. The number of pyridine rings is 1. The summed E-state index contributed by atoms with van der Waals surface area (Å²) in [6.07, 6.45) is 8.50. The number of aryl methyl sites for hydroxylation is 1. The Kier molecular flexibility index (Phi) is 5.88. The molecule has 30 heavy (non-hydrogen) atoms. The lowest BCUT2D eigenvalue weighted by atomic mass is 9.85. The van der Waals surface area contributed by atoms with Crippen LogP contribution in [0, 0.1) is 23.5 Å². The normalized spacial score (nSPS) is 15.3. The lowest BCUT2D eigenvalue weighted by Gasteiger charge is -2.22. The van der Waals surface area contributed by atoms with E-state index in [1.54, 1.807) is 25.5 Å². The molecule has 1 aliphatic carbocycles. The Hall–Kier alpha value is -3.09. The molecule has 4 rings (SSSR count). The van der Waals surface area contributed by atoms with Gasteiger partial charge in [0.2, 0.25) is 5.91 Å². The number of nitrogens with zero attached hydrogens (tertiary/aromatic N) is 3. The molecule has 0 radical (unpaired) electrons. The fourth-order valence-electron chi connectivity index (χ4n) is 4.24. The van der Waals surface area contributed by atoms with Crippen LogP contribution in [0.4, 0.5) is 14.6 Å². The highest BCUT2D eigenvalue weighted by Gasteiger charge is 2.31. The van der Waals surface area contributed by atoms with Crippen LogP contribution in [0.1, 0.15) is 31.2 Å². The van der Waals surface area contributed by atoms with Crippen LogP contribution in [-0.4, -0.2) is 20.7 Å². The van der Waals surface area contributed by atoms with Crippen LogP contribution < -0.4 is 5.32 Å². The number of benzene rings is 1. The summed E-state index contributed by atoms with van der Waals surface area (Å²) in [6.45, 7) is 0. The summed E-state index contributed by atoms with van der Waals surface area (Å²) in [6, 6.07) is 8.85. The summed E-state index contributed by atoms with van der Waals surface area (Å²) in [4.78, 5) is 17.4. The molecular weight excluding hydrogens is 386 g/mol. The number of hydrogen-bond acceptors (Lipinski definition) is 3. The topological polar surface area (TPSA) is 59.8 Å². The standard InChI is InChI=1S/C23H24F2N4O/c1-29-22(13-21(28-29)18-9-8-17(24)12-20(18)25)27-23(30)19(16-6-2-3-7-16)11-15-5-4-10-26-14-15/h4-5,8-10,12-14,16,19H,2-3,6-7,11H2,1H3,(H,27,30). The number of halogens is 2. The summed E-state index contributed by atoms with van der Waals surface area (Å²) in [7, 11) is 1.69. The molecule has 0 aliphatic heterocycles. The predicted octanol–water partition coefficient (Wildman–Crippen LogP) is 4.75. The second kappa shape index (κ2) is 8.73. The van der Waals surface area contributed by atoms with Crippen LogP contribution in [0.5, 0.6) is 0 Å². The van der Waals surface area contributed by atoms with E-state index in [0.717, 1.165) is 37.3 Å². The van der Waals surface area contributed by atoms with E-state index < -0.39 is 11.6 Å². The third-order valence-corrected chi connectivity index (χ3v) is 5.82. The van der Waals surface area contributed by atoms with Crippen molar-refractivity contribution >= 4 is 11.7 Å². The van der Waals surface area contributed by atoms with Gasteiger partial charge < -0.3 is 5.32 Å². The first-order chi connectivity index (χ1) is 14.5. The zero-order chi connectivity index (χ0) is 21.1. The average Bonchev–Trinajstić information content (AvgIpc) is 3.37. The van der Waals surface area contributed by atoms with Gasteiger partial charge in [0.15, 0.2) is 0 Å². The third kappa shape index (κ3) is 4.40. The number of carbonyl (C=O) groups excluding carboxylic acids is 1. The van der Waals surface area contributed by atoms with Gasteiger partial charge >= 0.3 is 0 Å². The molecule has 1 amide bonds. The Bertz CT molecular complexity index is 1030. The van der Waals surface area contributed by atoms with Crippen molar-refractivity contribution in [3.63, 3.8) is 0 Å². The van der Waals surface area contributed by atoms with Gasteiger partial charge in [-0.2, -0.15) is 5.10 Å². The van der Waals surface area contributed by atoms with Crippen molar-refractivity contribution in [1.82, 2.24) is 14.8 Å². The maximum atomic E-state index is 14.1. The Balaban J connectivity index is 1.55. The number of nitrogens with one attached hydrogen (secondary N) is 1. The number of carbonyl (C=O) groups is 1. The largest absolute Gasteiger partial charge is 0.311 e. The lowest BCUT2D eigenvalue weighted by Crippen LogP contribution is -2.30. The van der Waals surface area contributed by atoms with Crippen molar-refractivity contribution in [1.29, 1.82) is 0 Å². The summed E-state index contributed by atoms with van der Waals surface area (Å²) in [5.41, 5.74) is 1.56. The van der Waals surface area contributed by atoms with Crippen LogP contribution in [0.2, 0.25) is 0 Å². The molecule has 1 saturated carbocycles. The van der Waals surface area contributed by atoms with Crippen LogP contribution in [0.15, 0.2) is 48.8 Å². The molecule has 1 unspecified atom stereocenters. The van der Waals surface area contributed by atoms with Crippen LogP contribution in [0.3, 0.4) is 0 Å². The van der Waals surface area contributed by atoms with E-state index in [1.165, 1.54) is 16.8 Å². The molecule has 1 atom stereocenters. The van der Waals surface area contributed by atoms with Crippen molar-refractivity contribution in [3.8, 4) is 11.3 Å². The number of anilines is 1. The summed E-state index contributed by atoms with van der Waals surface area (Å²) >= 11 is 0. The van der Waals surface area contributed by atoms with Crippen molar-refractivity contribution in [2.75, 3.05) is 5.32 Å². The van der Waals surface area contributed by atoms with Gasteiger partial charge in [-0.25, -0.2) is 8.78 Å². The van der Waals surface area contributed by atoms with Crippen molar-refractivity contribution < 1.29 is 13.6 Å². The van der Waals surface area contributed by atoms with E-state index in [2.05, 4.69) is 15.4 Å². The fourth-order valence-corrected chi connectivity index (χ4v) is 4.24. The van der Waals surface area contributed by atoms with Gasteiger partial charge in [-0.05, 0) is 48.9 Å². The van der Waals surface area contributed by atoms with Crippen molar-refractivity contribution in [2.45, 2.75) is 32.1 Å². The lowest BCUT2D eigenvalue weighted by molar-refractivity contribution is -0.121. The first-order valence-electron chi connectivity index (χ1n) is 10.2. The van der Waals surface area contributed by atoms with E-state index in [1.807, 2.05) is 12.1 Å². The quantitative estimate of drug-likeness (QED) is 0.638. The summed E-state index contributed by atoms with van der Waals surface area (Å²) in [5.74, 6) is -0.764. The molecule has 1 aromatic carbocycles. The minimum atomic E-state index is -0.689. The van der Waals surface area contributed by atoms with Crippen LogP contribution >= 0.6 is 0 Å². The van der Waals surface area contributed by atoms with Crippen LogP contribution in [-0.2, 0) is 18.3 Å². The smallest absolute Gasteiger partial charge is 0.229 e. The van der Waals surface area contributed by atoms with Gasteiger partial charge in [-0.1, -0.05) is 18.9 Å². The SMILES string of the molecule is Cn1nc(-c2ccc(F)cc2F)cc1NC(=O)C(Cc1cccnc1)C1CCCC1. The number of amides is 1. The molecule has 0 saturated heterocycles. The van der Waals surface area contributed by atoms with E-state index in [0.29, 0.717) is 23.9 Å². The molecule has 3 aromatic rings. The molecule has 2 aromatic heterocycles. The molecule has 1 N–H and O–H groups in total. The predicted molar refractivity (Wildman–Crippen MR) is 111 cm³/mol. The highest BCUT2D eigenvalue weighted by Crippen LogP contribution is 2.34. The van der Waals surface area contributed by atoms with Gasteiger partial charge in [-0.15, -0.1) is 0 Å². The Labute approximate surface area is 174 Å². The highest BCUT2D eigenvalue weighted by atomic mass is 19.1. The minimum absolute atomic E-state index is 0.0696. The molecule has 156 valence electrons. The van der Waals surface area contributed by atoms with Gasteiger partial charge in [0.1, 0.15) is 17.5 Å². The zero-order valence-electron chi connectivity index (χ0n) is 16.8. The minimum Gasteiger partial charge on any atom is -0.311 e.